The molecule has 0 aromatic heterocycles. The smallest absolute Gasteiger partial charge is 0.307 e. The molecule has 0 aliphatic heterocycles. The minimum atomic E-state index is -0.422. The first-order valence-corrected chi connectivity index (χ1v) is 6.15. The van der Waals surface area contributed by atoms with Crippen molar-refractivity contribution in [2.45, 2.75) is 46.5 Å². The lowest BCUT2D eigenvalue weighted by Crippen LogP contribution is -2.40. The Bertz CT molecular complexity index is 376. The van der Waals surface area contributed by atoms with Crippen molar-refractivity contribution in [2.24, 2.45) is 0 Å². The molecule has 0 heterocycles. The SMILES string of the molecule is CCc1ccc(B(C)C(=O)OC(C)(C)C)cc1. The van der Waals surface area contributed by atoms with Crippen LogP contribution >= 0.6 is 0 Å². The van der Waals surface area contributed by atoms with Crippen molar-refractivity contribution < 1.29 is 9.53 Å². The second-order valence-electron chi connectivity index (χ2n) is 5.35. The molecule has 3 heteroatoms. The summed E-state index contributed by atoms with van der Waals surface area (Å²) in [5.74, 6) is -0.165. The Balaban J connectivity index is 2.74. The maximum atomic E-state index is 11.9. The normalized spacial score (nSPS) is 11.1. The second kappa shape index (κ2) is 5.39. The van der Waals surface area contributed by atoms with E-state index >= 15 is 0 Å². The maximum absolute atomic E-state index is 11.9. The molecule has 0 N–H and O–H groups in total. The van der Waals surface area contributed by atoms with E-state index in [1.807, 2.05) is 39.7 Å². The van der Waals surface area contributed by atoms with E-state index in [9.17, 15) is 4.79 Å². The average Bonchev–Trinajstić information content (AvgIpc) is 2.26. The molecular formula is C14H21BO2. The summed E-state index contributed by atoms with van der Waals surface area (Å²) >= 11 is 0. The van der Waals surface area contributed by atoms with Crippen LogP contribution in [0.15, 0.2) is 24.3 Å². The summed E-state index contributed by atoms with van der Waals surface area (Å²) in [4.78, 5) is 11.9. The number of rotatable bonds is 3. The van der Waals surface area contributed by atoms with Crippen molar-refractivity contribution in [3.8, 4) is 0 Å². The molecule has 92 valence electrons. The molecule has 1 rings (SSSR count). The van der Waals surface area contributed by atoms with Crippen molar-refractivity contribution in [2.75, 3.05) is 0 Å². The summed E-state index contributed by atoms with van der Waals surface area (Å²) < 4.78 is 5.37. The van der Waals surface area contributed by atoms with Gasteiger partial charge in [0.25, 0.3) is 5.87 Å². The molecule has 0 spiro atoms. The highest BCUT2D eigenvalue weighted by molar-refractivity contribution is 6.97. The molecule has 0 saturated carbocycles. The summed E-state index contributed by atoms with van der Waals surface area (Å²) in [6.07, 6.45) is 1.01. The zero-order chi connectivity index (χ0) is 13.1. The highest BCUT2D eigenvalue weighted by Crippen LogP contribution is 2.09. The van der Waals surface area contributed by atoms with E-state index in [4.69, 9.17) is 4.74 Å². The van der Waals surface area contributed by atoms with Crippen LogP contribution in [0.5, 0.6) is 0 Å². The summed E-state index contributed by atoms with van der Waals surface area (Å²) in [6.45, 7) is 9.45. The van der Waals surface area contributed by atoms with Gasteiger partial charge < -0.3 is 4.74 Å². The molecule has 0 aliphatic carbocycles. The van der Waals surface area contributed by atoms with E-state index in [1.165, 1.54) is 5.56 Å². The van der Waals surface area contributed by atoms with Crippen LogP contribution in [0, 0.1) is 0 Å². The minimum Gasteiger partial charge on any atom is -0.468 e. The van der Waals surface area contributed by atoms with Gasteiger partial charge in [0.15, 0.2) is 0 Å². The van der Waals surface area contributed by atoms with Crippen LogP contribution < -0.4 is 5.46 Å². The van der Waals surface area contributed by atoms with Gasteiger partial charge in [-0.2, -0.15) is 0 Å². The Morgan fingerprint density at radius 3 is 2.18 bits per heavy atom. The Morgan fingerprint density at radius 2 is 1.76 bits per heavy atom. The van der Waals surface area contributed by atoms with Crippen LogP contribution in [0.25, 0.3) is 0 Å². The van der Waals surface area contributed by atoms with Crippen LogP contribution in [0.4, 0.5) is 4.79 Å². The maximum Gasteiger partial charge on any atom is 0.307 e. The molecular weight excluding hydrogens is 211 g/mol. The number of ether oxygens (including phenoxy) is 1. The predicted octanol–water partition coefficient (Wildman–Crippen LogP) is 3.10. The van der Waals surface area contributed by atoms with Crippen molar-refractivity contribution in [3.63, 3.8) is 0 Å². The molecule has 0 unspecified atom stereocenters. The number of carbonyl (C=O) groups excluding carboxylic acids is 1. The minimum absolute atomic E-state index is 0.165. The van der Waals surface area contributed by atoms with E-state index in [0.717, 1.165) is 11.9 Å². The Hall–Kier alpha value is -1.25. The quantitative estimate of drug-likeness (QED) is 0.748. The lowest BCUT2D eigenvalue weighted by molar-refractivity contribution is 0.0713. The van der Waals surface area contributed by atoms with Gasteiger partial charge in [0, 0.05) is 0 Å². The third-order valence-electron chi connectivity index (χ3n) is 2.65. The molecule has 0 radical (unpaired) electrons. The fourth-order valence-corrected chi connectivity index (χ4v) is 1.57. The molecule has 2 nitrogen and oxygen atoms in total. The van der Waals surface area contributed by atoms with Crippen LogP contribution in [-0.4, -0.2) is 18.2 Å². The fourth-order valence-electron chi connectivity index (χ4n) is 1.57. The van der Waals surface area contributed by atoms with Gasteiger partial charge in [-0.15, -0.1) is 0 Å². The standard InChI is InChI=1S/C14H21BO2/c1-6-11-7-9-12(10-8-11)15(5)13(16)17-14(2,3)4/h7-10H,6H2,1-5H3. The topological polar surface area (TPSA) is 26.3 Å². The Kier molecular flexibility index (Phi) is 4.38. The van der Waals surface area contributed by atoms with E-state index in [1.54, 1.807) is 0 Å². The van der Waals surface area contributed by atoms with Crippen LogP contribution in [-0.2, 0) is 11.2 Å². The van der Waals surface area contributed by atoms with Crippen LogP contribution in [0.3, 0.4) is 0 Å². The van der Waals surface area contributed by atoms with E-state index in [-0.39, 0.29) is 12.6 Å². The molecule has 0 fully saturated rings. The van der Waals surface area contributed by atoms with Crippen molar-refractivity contribution >= 4 is 18.0 Å². The van der Waals surface area contributed by atoms with Gasteiger partial charge >= 0.3 is 6.71 Å². The molecule has 0 amide bonds. The van der Waals surface area contributed by atoms with Gasteiger partial charge in [-0.25, -0.2) is 0 Å². The number of carbonyl (C=O) groups is 1. The van der Waals surface area contributed by atoms with E-state index in [2.05, 4.69) is 19.1 Å². The second-order valence-corrected chi connectivity index (χ2v) is 5.35. The van der Waals surface area contributed by atoms with Crippen LogP contribution in [0.1, 0.15) is 33.3 Å². The molecule has 1 aromatic rings. The first kappa shape index (κ1) is 13.8. The molecule has 0 bridgehead atoms. The third-order valence-corrected chi connectivity index (χ3v) is 2.65. The summed E-state index contributed by atoms with van der Waals surface area (Å²) in [6, 6.07) is 8.15. The zero-order valence-electron chi connectivity index (χ0n) is 11.4. The van der Waals surface area contributed by atoms with E-state index in [0.29, 0.717) is 0 Å². The Morgan fingerprint density at radius 1 is 1.24 bits per heavy atom. The van der Waals surface area contributed by atoms with Gasteiger partial charge in [0.2, 0.25) is 0 Å². The van der Waals surface area contributed by atoms with Gasteiger partial charge in [-0.3, -0.25) is 4.79 Å². The largest absolute Gasteiger partial charge is 0.468 e. The molecule has 17 heavy (non-hydrogen) atoms. The zero-order valence-corrected chi connectivity index (χ0v) is 11.4. The number of aryl methyl sites for hydroxylation is 1. The highest BCUT2D eigenvalue weighted by Gasteiger charge is 2.26. The van der Waals surface area contributed by atoms with Crippen molar-refractivity contribution in [1.82, 2.24) is 0 Å². The molecule has 0 atom stereocenters. The number of benzene rings is 1. The first-order chi connectivity index (χ1) is 7.83. The van der Waals surface area contributed by atoms with Gasteiger partial charge in [-0.05, 0) is 32.8 Å². The fraction of sp³-hybridized carbons (Fsp3) is 0.500. The lowest BCUT2D eigenvalue weighted by atomic mass is 9.47. The first-order valence-electron chi connectivity index (χ1n) is 6.15. The summed E-state index contributed by atoms with van der Waals surface area (Å²) in [5.41, 5.74) is 1.87. The molecule has 0 aliphatic rings. The van der Waals surface area contributed by atoms with Gasteiger partial charge in [-0.1, -0.05) is 43.5 Å². The Labute approximate surface area is 104 Å². The molecule has 0 saturated heterocycles. The van der Waals surface area contributed by atoms with Crippen LogP contribution in [0.2, 0.25) is 6.82 Å². The monoisotopic (exact) mass is 232 g/mol. The third kappa shape index (κ3) is 4.25. The lowest BCUT2D eigenvalue weighted by Gasteiger charge is -2.21. The highest BCUT2D eigenvalue weighted by atomic mass is 16.5. The predicted molar refractivity (Wildman–Crippen MR) is 73.3 cm³/mol. The summed E-state index contributed by atoms with van der Waals surface area (Å²) in [7, 11) is 0. The molecule has 1 aromatic carbocycles. The van der Waals surface area contributed by atoms with Gasteiger partial charge in [0.1, 0.15) is 5.60 Å². The van der Waals surface area contributed by atoms with Crippen molar-refractivity contribution in [3.05, 3.63) is 29.8 Å². The van der Waals surface area contributed by atoms with Crippen molar-refractivity contribution in [1.29, 1.82) is 0 Å². The number of hydrogen-bond donors (Lipinski definition) is 0. The average molecular weight is 232 g/mol. The summed E-state index contributed by atoms with van der Waals surface area (Å²) in [5, 5.41) is 0. The number of hydrogen-bond acceptors (Lipinski definition) is 2. The van der Waals surface area contributed by atoms with E-state index < -0.39 is 5.60 Å². The van der Waals surface area contributed by atoms with Gasteiger partial charge in [0.05, 0.1) is 0 Å².